The van der Waals surface area contributed by atoms with Crippen molar-refractivity contribution in [2.75, 3.05) is 0 Å². The Balaban J connectivity index is 2.38. The van der Waals surface area contributed by atoms with Crippen LogP contribution in [0.25, 0.3) is 17.0 Å². The van der Waals surface area contributed by atoms with E-state index in [1.807, 2.05) is 47.3 Å². The monoisotopic (exact) mass is 326 g/mol. The smallest absolute Gasteiger partial charge is 0.192 e. The van der Waals surface area contributed by atoms with E-state index in [1.165, 1.54) is 0 Å². The summed E-state index contributed by atoms with van der Waals surface area (Å²) in [7, 11) is 0. The largest absolute Gasteiger partial charge is 0.464 e. The van der Waals surface area contributed by atoms with Gasteiger partial charge in [0.05, 0.1) is 17.2 Å². The Kier molecular flexibility index (Phi) is 2.17. The van der Waals surface area contributed by atoms with Gasteiger partial charge in [0.15, 0.2) is 28.8 Å². The molecule has 2 aromatic rings. The first-order valence-corrected chi connectivity index (χ1v) is 5.55. The van der Waals surface area contributed by atoms with E-state index < -0.39 is 0 Å². The van der Waals surface area contributed by atoms with Crippen LogP contribution in [0.3, 0.4) is 0 Å². The van der Waals surface area contributed by atoms with Gasteiger partial charge >= 0.3 is 0 Å². The Bertz CT molecular complexity index is 610. The van der Waals surface area contributed by atoms with E-state index in [0.29, 0.717) is 11.5 Å². The number of furan rings is 1. The number of ether oxygens (including phenoxy) is 1. The average molecular weight is 326 g/mol. The summed E-state index contributed by atoms with van der Waals surface area (Å²) >= 11 is 1.86. The summed E-state index contributed by atoms with van der Waals surface area (Å²) in [5, 5.41) is 0.939. The van der Waals surface area contributed by atoms with Crippen molar-refractivity contribution in [2.45, 2.75) is 0 Å². The van der Waals surface area contributed by atoms with Gasteiger partial charge in [0.2, 0.25) is 0 Å². The second kappa shape index (κ2) is 3.55. The van der Waals surface area contributed by atoms with Gasteiger partial charge in [-0.1, -0.05) is 6.58 Å². The molecule has 0 spiro atoms. The van der Waals surface area contributed by atoms with Crippen molar-refractivity contribution in [2.24, 2.45) is 0 Å². The first kappa shape index (κ1) is 9.77. The average Bonchev–Trinajstić information content (AvgIpc) is 2.73. The van der Waals surface area contributed by atoms with Crippen molar-refractivity contribution in [1.82, 2.24) is 0 Å². The molecular formula is C12H7IO3. The molecule has 80 valence electrons. The number of hydrogen-bond donors (Lipinski definition) is 0. The summed E-state index contributed by atoms with van der Waals surface area (Å²) in [6, 6.07) is 3.72. The van der Waals surface area contributed by atoms with Crippen LogP contribution in [0.1, 0.15) is 5.56 Å². The number of fused-ring (bicyclic) bond motifs is 2. The molecule has 0 radical (unpaired) electrons. The van der Waals surface area contributed by atoms with Gasteiger partial charge in [-0.2, -0.15) is 0 Å². The quantitative estimate of drug-likeness (QED) is 0.740. The molecule has 0 bridgehead atoms. The SMILES string of the molecule is C=C1C=Cc2c(cc3occc3c2OI)O1. The fraction of sp³-hybridized carbons (Fsp3) is 0. The Labute approximate surface area is 106 Å². The molecule has 1 aliphatic heterocycles. The molecule has 0 N–H and O–H groups in total. The summed E-state index contributed by atoms with van der Waals surface area (Å²) in [4.78, 5) is 0. The van der Waals surface area contributed by atoms with Crippen molar-refractivity contribution in [3.8, 4) is 11.5 Å². The van der Waals surface area contributed by atoms with Crippen LogP contribution in [0.15, 0.2) is 41.2 Å². The zero-order valence-corrected chi connectivity index (χ0v) is 10.4. The van der Waals surface area contributed by atoms with Gasteiger partial charge in [0.25, 0.3) is 0 Å². The fourth-order valence-electron chi connectivity index (χ4n) is 1.75. The van der Waals surface area contributed by atoms with E-state index in [1.54, 1.807) is 6.26 Å². The summed E-state index contributed by atoms with van der Waals surface area (Å²) in [5.74, 6) is 2.07. The Morgan fingerprint density at radius 1 is 1.31 bits per heavy atom. The molecule has 0 unspecified atom stereocenters. The van der Waals surface area contributed by atoms with Gasteiger partial charge in [0.1, 0.15) is 17.1 Å². The molecule has 0 saturated heterocycles. The maximum Gasteiger partial charge on any atom is 0.192 e. The summed E-state index contributed by atoms with van der Waals surface area (Å²) in [5.41, 5.74) is 1.66. The molecule has 3 rings (SSSR count). The second-order valence-electron chi connectivity index (χ2n) is 3.43. The molecule has 16 heavy (non-hydrogen) atoms. The van der Waals surface area contributed by atoms with Crippen molar-refractivity contribution < 1.29 is 12.2 Å². The van der Waals surface area contributed by atoms with Gasteiger partial charge in [-0.05, 0) is 18.2 Å². The molecule has 2 heterocycles. The number of halogens is 1. The minimum atomic E-state index is 0.609. The van der Waals surface area contributed by atoms with Gasteiger partial charge < -0.3 is 12.2 Å². The van der Waals surface area contributed by atoms with Crippen molar-refractivity contribution in [3.05, 3.63) is 42.4 Å². The second-order valence-corrected chi connectivity index (χ2v) is 3.87. The minimum absolute atomic E-state index is 0.609. The molecule has 4 heteroatoms. The highest BCUT2D eigenvalue weighted by Crippen LogP contribution is 2.41. The van der Waals surface area contributed by atoms with Crippen LogP contribution in [0, 0.1) is 0 Å². The van der Waals surface area contributed by atoms with Crippen LogP contribution in [0.2, 0.25) is 0 Å². The molecule has 3 nitrogen and oxygen atoms in total. The lowest BCUT2D eigenvalue weighted by Crippen LogP contribution is -1.98. The van der Waals surface area contributed by atoms with E-state index in [0.717, 1.165) is 22.3 Å². The highest BCUT2D eigenvalue weighted by Gasteiger charge is 2.18. The van der Waals surface area contributed by atoms with Crippen molar-refractivity contribution in [3.63, 3.8) is 0 Å². The number of allylic oxidation sites excluding steroid dienone is 1. The van der Waals surface area contributed by atoms with Crippen molar-refractivity contribution >= 4 is 40.1 Å². The van der Waals surface area contributed by atoms with Crippen LogP contribution < -0.4 is 7.80 Å². The van der Waals surface area contributed by atoms with Gasteiger partial charge in [0, 0.05) is 6.07 Å². The summed E-state index contributed by atoms with van der Waals surface area (Å²) in [6.45, 7) is 3.75. The molecule has 1 aliphatic rings. The van der Waals surface area contributed by atoms with Crippen LogP contribution in [0.4, 0.5) is 0 Å². The number of rotatable bonds is 1. The van der Waals surface area contributed by atoms with Crippen LogP contribution >= 0.6 is 23.0 Å². The molecule has 1 aromatic carbocycles. The molecule has 0 saturated carbocycles. The first-order valence-electron chi connectivity index (χ1n) is 4.67. The zero-order chi connectivity index (χ0) is 11.1. The van der Waals surface area contributed by atoms with Crippen molar-refractivity contribution in [1.29, 1.82) is 0 Å². The third kappa shape index (κ3) is 1.33. The standard InChI is InChI=1S/C12H7IO3/c1-7-2-3-8-11(15-7)6-10-9(4-5-14-10)12(8)16-13/h2-6H,1H2. The minimum Gasteiger partial charge on any atom is -0.464 e. The Morgan fingerprint density at radius 2 is 2.19 bits per heavy atom. The maximum atomic E-state index is 5.53. The summed E-state index contributed by atoms with van der Waals surface area (Å²) in [6.07, 6.45) is 5.38. The van der Waals surface area contributed by atoms with Gasteiger partial charge in [-0.3, -0.25) is 0 Å². The first-order chi connectivity index (χ1) is 7.79. The topological polar surface area (TPSA) is 31.6 Å². The Morgan fingerprint density at radius 3 is 3.00 bits per heavy atom. The van der Waals surface area contributed by atoms with Crippen LogP contribution in [-0.2, 0) is 0 Å². The third-order valence-electron chi connectivity index (χ3n) is 2.47. The molecule has 0 aliphatic carbocycles. The Hall–Kier alpha value is -1.43. The van der Waals surface area contributed by atoms with Gasteiger partial charge in [-0.25, -0.2) is 0 Å². The highest BCUT2D eigenvalue weighted by atomic mass is 127. The third-order valence-corrected chi connectivity index (χ3v) is 2.91. The van der Waals surface area contributed by atoms with Crippen LogP contribution in [-0.4, -0.2) is 0 Å². The highest BCUT2D eigenvalue weighted by molar-refractivity contribution is 14.1. The lowest BCUT2D eigenvalue weighted by atomic mass is 10.1. The zero-order valence-electron chi connectivity index (χ0n) is 8.20. The van der Waals surface area contributed by atoms with E-state index in [2.05, 4.69) is 6.58 Å². The normalized spacial score (nSPS) is 13.7. The lowest BCUT2D eigenvalue weighted by molar-refractivity contribution is 0.440. The molecule has 0 atom stereocenters. The molecule has 0 fully saturated rings. The van der Waals surface area contributed by atoms with E-state index >= 15 is 0 Å². The number of hydrogen-bond acceptors (Lipinski definition) is 3. The van der Waals surface area contributed by atoms with E-state index in [-0.39, 0.29) is 0 Å². The predicted octanol–water partition coefficient (Wildman–Crippen LogP) is 4.08. The predicted molar refractivity (Wildman–Crippen MR) is 69.7 cm³/mol. The summed E-state index contributed by atoms with van der Waals surface area (Å²) < 4.78 is 16.2. The van der Waals surface area contributed by atoms with Gasteiger partial charge in [-0.15, -0.1) is 0 Å². The molecule has 1 aromatic heterocycles. The maximum absolute atomic E-state index is 5.53. The number of benzene rings is 1. The van der Waals surface area contributed by atoms with E-state index in [4.69, 9.17) is 12.2 Å². The molecular weight excluding hydrogens is 319 g/mol. The molecule has 0 amide bonds. The van der Waals surface area contributed by atoms with Crippen LogP contribution in [0.5, 0.6) is 11.5 Å². The lowest BCUT2D eigenvalue weighted by Gasteiger charge is -2.15. The van der Waals surface area contributed by atoms with E-state index in [9.17, 15) is 0 Å². The fourth-order valence-corrected chi connectivity index (χ4v) is 2.23.